The molecule has 1 saturated heterocycles. The van der Waals surface area contributed by atoms with E-state index in [-0.39, 0.29) is 23.3 Å². The number of piperidine rings is 1. The van der Waals surface area contributed by atoms with E-state index in [2.05, 4.69) is 5.32 Å². The normalized spacial score (nSPS) is 17.0. The Morgan fingerprint density at radius 3 is 2.39 bits per heavy atom. The molecule has 1 heterocycles. The molecule has 33 heavy (non-hydrogen) atoms. The Labute approximate surface area is 195 Å². The van der Waals surface area contributed by atoms with Gasteiger partial charge in [0.2, 0.25) is 15.9 Å². The van der Waals surface area contributed by atoms with Crippen LogP contribution in [0.3, 0.4) is 0 Å². The zero-order valence-corrected chi connectivity index (χ0v) is 20.6. The second kappa shape index (κ2) is 10.4. The average Bonchev–Trinajstić information content (AvgIpc) is 2.83. The summed E-state index contributed by atoms with van der Waals surface area (Å²) in [4.78, 5) is 13.2. The van der Waals surface area contributed by atoms with Crippen molar-refractivity contribution in [3.05, 3.63) is 42.0 Å². The second-order valence-corrected chi connectivity index (χ2v) is 10.2. The van der Waals surface area contributed by atoms with Gasteiger partial charge in [-0.1, -0.05) is 19.9 Å². The van der Waals surface area contributed by atoms with Crippen LogP contribution < -0.4 is 19.5 Å². The molecule has 0 bridgehead atoms. The minimum Gasteiger partial charge on any atom is -0.497 e. The summed E-state index contributed by atoms with van der Waals surface area (Å²) in [6.45, 7) is 4.47. The first kappa shape index (κ1) is 24.9. The molecule has 1 aliphatic rings. The van der Waals surface area contributed by atoms with Gasteiger partial charge in [0.05, 0.1) is 32.9 Å². The number of methoxy groups -OCH3 is 3. The van der Waals surface area contributed by atoms with Crippen molar-refractivity contribution in [1.82, 2.24) is 4.31 Å². The topological polar surface area (TPSA) is 94.2 Å². The number of hydrogen-bond acceptors (Lipinski definition) is 6. The van der Waals surface area contributed by atoms with Gasteiger partial charge < -0.3 is 19.5 Å². The molecular formula is C24H32N2O6S. The van der Waals surface area contributed by atoms with Gasteiger partial charge in [-0.2, -0.15) is 4.31 Å². The quantitative estimate of drug-likeness (QED) is 0.622. The second-order valence-electron chi connectivity index (χ2n) is 8.32. The monoisotopic (exact) mass is 476 g/mol. The summed E-state index contributed by atoms with van der Waals surface area (Å²) in [5.41, 5.74) is 1.42. The SMILES string of the molecule is COc1ccc(NC(=O)[C@@H]2CCCN(S(=O)(=O)c3cc(C(C)C)ccc3OC)C2)c(OC)c1. The molecule has 8 nitrogen and oxygen atoms in total. The lowest BCUT2D eigenvalue weighted by molar-refractivity contribution is -0.120. The lowest BCUT2D eigenvalue weighted by atomic mass is 9.98. The van der Waals surface area contributed by atoms with E-state index in [0.717, 1.165) is 5.56 Å². The third kappa shape index (κ3) is 5.42. The lowest BCUT2D eigenvalue weighted by Gasteiger charge is -2.31. The summed E-state index contributed by atoms with van der Waals surface area (Å²) in [5, 5.41) is 2.88. The van der Waals surface area contributed by atoms with Crippen LogP contribution in [0, 0.1) is 5.92 Å². The van der Waals surface area contributed by atoms with Gasteiger partial charge in [-0.25, -0.2) is 8.42 Å². The fourth-order valence-corrected chi connectivity index (χ4v) is 5.62. The molecule has 9 heteroatoms. The number of rotatable bonds is 8. The fourth-order valence-electron chi connectivity index (χ4n) is 3.90. The molecule has 0 unspecified atom stereocenters. The smallest absolute Gasteiger partial charge is 0.246 e. The van der Waals surface area contributed by atoms with Crippen LogP contribution in [0.2, 0.25) is 0 Å². The molecule has 1 fully saturated rings. The van der Waals surface area contributed by atoms with Crippen LogP contribution in [-0.2, 0) is 14.8 Å². The van der Waals surface area contributed by atoms with Gasteiger partial charge in [0.1, 0.15) is 22.1 Å². The molecule has 2 aromatic carbocycles. The first-order valence-electron chi connectivity index (χ1n) is 10.9. The maximum absolute atomic E-state index is 13.5. The number of anilines is 1. The molecule has 180 valence electrons. The highest BCUT2D eigenvalue weighted by molar-refractivity contribution is 7.89. The zero-order chi connectivity index (χ0) is 24.2. The predicted molar refractivity (Wildman–Crippen MR) is 127 cm³/mol. The molecule has 0 aliphatic carbocycles. The summed E-state index contributed by atoms with van der Waals surface area (Å²) in [5.74, 6) is 0.814. The van der Waals surface area contributed by atoms with Crippen LogP contribution in [0.15, 0.2) is 41.3 Å². The van der Waals surface area contributed by atoms with Gasteiger partial charge in [0.15, 0.2) is 0 Å². The van der Waals surface area contributed by atoms with E-state index in [4.69, 9.17) is 14.2 Å². The summed E-state index contributed by atoms with van der Waals surface area (Å²) in [6, 6.07) is 10.3. The first-order chi connectivity index (χ1) is 15.7. The molecule has 0 spiro atoms. The summed E-state index contributed by atoms with van der Waals surface area (Å²) < 4.78 is 44.3. The lowest BCUT2D eigenvalue weighted by Crippen LogP contribution is -2.43. The number of ether oxygens (including phenoxy) is 3. The Bertz CT molecular complexity index is 1100. The van der Waals surface area contributed by atoms with Crippen molar-refractivity contribution in [3.8, 4) is 17.2 Å². The van der Waals surface area contributed by atoms with E-state index >= 15 is 0 Å². The van der Waals surface area contributed by atoms with E-state index in [1.165, 1.54) is 18.5 Å². The highest BCUT2D eigenvalue weighted by atomic mass is 32.2. The van der Waals surface area contributed by atoms with E-state index in [0.29, 0.717) is 42.3 Å². The van der Waals surface area contributed by atoms with Gasteiger partial charge >= 0.3 is 0 Å². The first-order valence-corrected chi connectivity index (χ1v) is 12.4. The number of sulfonamides is 1. The highest BCUT2D eigenvalue weighted by Gasteiger charge is 2.35. The summed E-state index contributed by atoms with van der Waals surface area (Å²) >= 11 is 0. The van der Waals surface area contributed by atoms with Gasteiger partial charge in [-0.3, -0.25) is 4.79 Å². The minimum atomic E-state index is -3.83. The Morgan fingerprint density at radius 2 is 1.76 bits per heavy atom. The zero-order valence-electron chi connectivity index (χ0n) is 19.8. The molecule has 0 aromatic heterocycles. The van der Waals surface area contributed by atoms with Crippen molar-refractivity contribution >= 4 is 21.6 Å². The molecule has 1 N–H and O–H groups in total. The maximum atomic E-state index is 13.5. The van der Waals surface area contributed by atoms with Crippen molar-refractivity contribution in [2.45, 2.75) is 37.5 Å². The van der Waals surface area contributed by atoms with Crippen LogP contribution in [0.1, 0.15) is 38.2 Å². The van der Waals surface area contributed by atoms with Crippen molar-refractivity contribution < 1.29 is 27.4 Å². The molecule has 3 rings (SSSR count). The Hall–Kier alpha value is -2.78. The molecule has 1 atom stereocenters. The number of nitrogens with zero attached hydrogens (tertiary/aromatic N) is 1. The van der Waals surface area contributed by atoms with Gasteiger partial charge in [-0.15, -0.1) is 0 Å². The Morgan fingerprint density at radius 1 is 1.03 bits per heavy atom. The van der Waals surface area contributed by atoms with Crippen LogP contribution >= 0.6 is 0 Å². The van der Waals surface area contributed by atoms with Crippen molar-refractivity contribution in [3.63, 3.8) is 0 Å². The number of nitrogens with one attached hydrogen (secondary N) is 1. The Balaban J connectivity index is 1.82. The number of carbonyl (C=O) groups is 1. The van der Waals surface area contributed by atoms with Crippen LogP contribution in [0.4, 0.5) is 5.69 Å². The molecule has 0 radical (unpaired) electrons. The third-order valence-electron chi connectivity index (χ3n) is 5.89. The van der Waals surface area contributed by atoms with Crippen LogP contribution in [0.25, 0.3) is 0 Å². The summed E-state index contributed by atoms with van der Waals surface area (Å²) in [7, 11) is 0.685. The van der Waals surface area contributed by atoms with Crippen LogP contribution in [0.5, 0.6) is 17.2 Å². The molecule has 2 aromatic rings. The molecule has 1 amide bonds. The standard InChI is InChI=1S/C24H32N2O6S/c1-16(2)17-8-11-21(31-4)23(13-17)33(28,29)26-12-6-7-18(15-26)24(27)25-20-10-9-19(30-3)14-22(20)32-5/h8-11,13-14,16,18H,6-7,12,15H2,1-5H3,(H,25,27)/t18-/m1/s1. The number of amides is 1. The minimum absolute atomic E-state index is 0.0989. The largest absolute Gasteiger partial charge is 0.497 e. The van der Waals surface area contributed by atoms with Gasteiger partial charge in [0.25, 0.3) is 0 Å². The predicted octanol–water partition coefficient (Wildman–Crippen LogP) is 3.88. The van der Waals surface area contributed by atoms with Crippen molar-refractivity contribution in [2.75, 3.05) is 39.7 Å². The third-order valence-corrected chi connectivity index (χ3v) is 7.78. The molecular weight excluding hydrogens is 444 g/mol. The van der Waals surface area contributed by atoms with E-state index in [1.807, 2.05) is 19.9 Å². The highest BCUT2D eigenvalue weighted by Crippen LogP contribution is 2.34. The van der Waals surface area contributed by atoms with E-state index in [9.17, 15) is 13.2 Å². The van der Waals surface area contributed by atoms with Crippen LogP contribution in [-0.4, -0.2) is 53.0 Å². The van der Waals surface area contributed by atoms with Gasteiger partial charge in [0, 0.05) is 19.2 Å². The number of hydrogen-bond donors (Lipinski definition) is 1. The molecule has 1 aliphatic heterocycles. The Kier molecular flexibility index (Phi) is 7.86. The fraction of sp³-hybridized carbons (Fsp3) is 0.458. The number of carbonyl (C=O) groups excluding carboxylic acids is 1. The van der Waals surface area contributed by atoms with E-state index < -0.39 is 15.9 Å². The van der Waals surface area contributed by atoms with Crippen molar-refractivity contribution in [2.24, 2.45) is 5.92 Å². The average molecular weight is 477 g/mol. The van der Waals surface area contributed by atoms with E-state index in [1.54, 1.807) is 37.4 Å². The molecule has 0 saturated carbocycles. The van der Waals surface area contributed by atoms with Crippen molar-refractivity contribution in [1.29, 1.82) is 0 Å². The maximum Gasteiger partial charge on any atom is 0.246 e. The summed E-state index contributed by atoms with van der Waals surface area (Å²) in [6.07, 6.45) is 1.18. The number of benzene rings is 2. The van der Waals surface area contributed by atoms with Gasteiger partial charge in [-0.05, 0) is 48.6 Å².